The molecule has 0 aromatic heterocycles. The maximum absolute atomic E-state index is 9.63. The highest BCUT2D eigenvalue weighted by Gasteiger charge is 2.28. The molecule has 0 aliphatic rings. The number of para-hydroxylation sites is 2. The van der Waals surface area contributed by atoms with Gasteiger partial charge in [0.1, 0.15) is 5.54 Å². The molecule has 0 heterocycles. The smallest absolute Gasteiger partial charge is 0.126 e. The second kappa shape index (κ2) is 7.11. The van der Waals surface area contributed by atoms with E-state index in [4.69, 9.17) is 0 Å². The van der Waals surface area contributed by atoms with E-state index >= 15 is 0 Å². The highest BCUT2D eigenvalue weighted by molar-refractivity contribution is 5.70. The Kier molecular flexibility index (Phi) is 4.72. The highest BCUT2D eigenvalue weighted by Crippen LogP contribution is 2.33. The molecule has 3 nitrogen and oxygen atoms in total. The molecule has 0 fully saturated rings. The minimum absolute atomic E-state index is 0.657. The lowest BCUT2D eigenvalue weighted by molar-refractivity contribution is 0.643. The largest absolute Gasteiger partial charge is 0.356 e. The number of hydrogen-bond donors (Lipinski definition) is 1. The summed E-state index contributed by atoms with van der Waals surface area (Å²) in [6.45, 7) is 3.85. The third-order valence-electron chi connectivity index (χ3n) is 4.03. The fourth-order valence-corrected chi connectivity index (χ4v) is 2.80. The van der Waals surface area contributed by atoms with E-state index < -0.39 is 5.54 Å². The molecule has 0 unspecified atom stereocenters. The van der Waals surface area contributed by atoms with Gasteiger partial charge in [-0.05, 0) is 62.4 Å². The second-order valence-electron chi connectivity index (χ2n) is 6.38. The van der Waals surface area contributed by atoms with E-state index in [9.17, 15) is 5.26 Å². The molecule has 0 bridgehead atoms. The van der Waals surface area contributed by atoms with Gasteiger partial charge < -0.3 is 10.2 Å². The summed E-state index contributed by atoms with van der Waals surface area (Å²) in [7, 11) is 0. The fourth-order valence-electron chi connectivity index (χ4n) is 2.80. The maximum Gasteiger partial charge on any atom is 0.126 e. The molecule has 3 aromatic rings. The van der Waals surface area contributed by atoms with E-state index in [-0.39, 0.29) is 0 Å². The van der Waals surface area contributed by atoms with E-state index in [1.165, 1.54) is 0 Å². The summed E-state index contributed by atoms with van der Waals surface area (Å²) < 4.78 is 0. The van der Waals surface area contributed by atoms with Gasteiger partial charge >= 0.3 is 0 Å². The molecule has 1 N–H and O–H groups in total. The third-order valence-corrected chi connectivity index (χ3v) is 4.03. The normalized spacial score (nSPS) is 10.8. The molecule has 3 heteroatoms. The fraction of sp³-hybridized carbons (Fsp3) is 0.136. The predicted octanol–water partition coefficient (Wildman–Crippen LogP) is 5.87. The van der Waals surface area contributed by atoms with Crippen molar-refractivity contribution in [3.8, 4) is 6.07 Å². The lowest BCUT2D eigenvalue weighted by Gasteiger charge is -2.35. The molecule has 0 spiro atoms. The number of rotatable bonds is 5. The number of nitriles is 1. The zero-order valence-corrected chi connectivity index (χ0v) is 14.5. The summed E-state index contributed by atoms with van der Waals surface area (Å²) in [5.74, 6) is 0. The Hall–Kier alpha value is -3.25. The Morgan fingerprint density at radius 2 is 1.20 bits per heavy atom. The maximum atomic E-state index is 9.63. The van der Waals surface area contributed by atoms with Crippen LogP contribution in [0, 0.1) is 11.3 Å². The topological polar surface area (TPSA) is 39.1 Å². The minimum Gasteiger partial charge on any atom is -0.356 e. The van der Waals surface area contributed by atoms with Crippen molar-refractivity contribution >= 4 is 22.7 Å². The number of benzene rings is 3. The van der Waals surface area contributed by atoms with Crippen LogP contribution in [-0.2, 0) is 0 Å². The second-order valence-corrected chi connectivity index (χ2v) is 6.38. The molecule has 3 rings (SSSR count). The van der Waals surface area contributed by atoms with Gasteiger partial charge in [-0.3, -0.25) is 0 Å². The van der Waals surface area contributed by atoms with E-state index in [0.29, 0.717) is 0 Å². The van der Waals surface area contributed by atoms with Crippen LogP contribution >= 0.6 is 0 Å². The van der Waals surface area contributed by atoms with Gasteiger partial charge in [-0.2, -0.15) is 5.26 Å². The highest BCUT2D eigenvalue weighted by atomic mass is 15.2. The molecule has 0 saturated heterocycles. The van der Waals surface area contributed by atoms with Crippen molar-refractivity contribution in [2.24, 2.45) is 0 Å². The molecule has 0 atom stereocenters. The van der Waals surface area contributed by atoms with E-state index in [2.05, 4.69) is 16.3 Å². The number of nitrogens with zero attached hydrogens (tertiary/aromatic N) is 2. The van der Waals surface area contributed by atoms with Crippen molar-refractivity contribution in [1.82, 2.24) is 0 Å². The van der Waals surface area contributed by atoms with Crippen molar-refractivity contribution in [1.29, 1.82) is 5.26 Å². The Labute approximate surface area is 149 Å². The minimum atomic E-state index is -0.657. The lowest BCUT2D eigenvalue weighted by atomic mass is 10.0. The number of nitrogens with one attached hydrogen (secondary N) is 1. The van der Waals surface area contributed by atoms with Crippen LogP contribution in [0.1, 0.15) is 13.8 Å². The summed E-state index contributed by atoms with van der Waals surface area (Å²) in [6.07, 6.45) is 0. The van der Waals surface area contributed by atoms with Crippen LogP contribution in [-0.4, -0.2) is 5.54 Å². The van der Waals surface area contributed by atoms with Gasteiger partial charge in [0.2, 0.25) is 0 Å². The molecule has 0 saturated carbocycles. The van der Waals surface area contributed by atoms with Crippen LogP contribution in [0.4, 0.5) is 22.7 Å². The van der Waals surface area contributed by atoms with Gasteiger partial charge in [0.15, 0.2) is 0 Å². The zero-order chi connectivity index (χ0) is 17.7. The first kappa shape index (κ1) is 16.6. The summed E-state index contributed by atoms with van der Waals surface area (Å²) in [5.41, 5.74) is 3.38. The number of anilines is 4. The Morgan fingerprint density at radius 3 is 1.76 bits per heavy atom. The van der Waals surface area contributed by atoms with Crippen LogP contribution < -0.4 is 10.2 Å². The Bertz CT molecular complexity index is 847. The van der Waals surface area contributed by atoms with Crippen LogP contribution in [0.25, 0.3) is 0 Å². The molecule has 3 aromatic carbocycles. The first-order valence-electron chi connectivity index (χ1n) is 8.29. The number of hydrogen-bond acceptors (Lipinski definition) is 3. The van der Waals surface area contributed by atoms with Gasteiger partial charge in [0.05, 0.1) is 6.07 Å². The molecular formula is C22H21N3. The van der Waals surface area contributed by atoms with Crippen LogP contribution in [0.15, 0.2) is 84.9 Å². The summed E-state index contributed by atoms with van der Waals surface area (Å²) >= 11 is 0. The SMILES string of the molecule is CC(C)(C#N)N(c1ccccc1)c1ccc(Nc2ccccc2)cc1. The van der Waals surface area contributed by atoms with Gasteiger partial charge in [-0.25, -0.2) is 0 Å². The van der Waals surface area contributed by atoms with E-state index in [0.717, 1.165) is 22.7 Å². The van der Waals surface area contributed by atoms with E-state index in [1.54, 1.807) is 0 Å². The van der Waals surface area contributed by atoms with Gasteiger partial charge in [-0.15, -0.1) is 0 Å². The monoisotopic (exact) mass is 327 g/mol. The molecule has 0 aliphatic carbocycles. The van der Waals surface area contributed by atoms with Gasteiger partial charge in [0.25, 0.3) is 0 Å². The molecule has 124 valence electrons. The zero-order valence-electron chi connectivity index (χ0n) is 14.5. The van der Waals surface area contributed by atoms with E-state index in [1.807, 2.05) is 98.8 Å². The lowest BCUT2D eigenvalue weighted by Crippen LogP contribution is -2.39. The molecule has 25 heavy (non-hydrogen) atoms. The van der Waals surface area contributed by atoms with Gasteiger partial charge in [-0.1, -0.05) is 36.4 Å². The first-order chi connectivity index (χ1) is 12.1. The van der Waals surface area contributed by atoms with Crippen molar-refractivity contribution < 1.29 is 0 Å². The Balaban J connectivity index is 1.91. The molecular weight excluding hydrogens is 306 g/mol. The predicted molar refractivity (Wildman–Crippen MR) is 104 cm³/mol. The van der Waals surface area contributed by atoms with Crippen LogP contribution in [0.3, 0.4) is 0 Å². The summed E-state index contributed by atoms with van der Waals surface area (Å²) in [6, 6.07) is 30.6. The third kappa shape index (κ3) is 3.81. The van der Waals surface area contributed by atoms with Crippen molar-refractivity contribution in [3.05, 3.63) is 84.9 Å². The summed E-state index contributed by atoms with van der Waals surface area (Å²) in [5, 5.41) is 13.0. The van der Waals surface area contributed by atoms with Gasteiger partial charge in [0, 0.05) is 22.7 Å². The average molecular weight is 327 g/mol. The Morgan fingerprint density at radius 1 is 0.720 bits per heavy atom. The van der Waals surface area contributed by atoms with Crippen molar-refractivity contribution in [2.75, 3.05) is 10.2 Å². The van der Waals surface area contributed by atoms with Crippen molar-refractivity contribution in [3.63, 3.8) is 0 Å². The molecule has 0 aliphatic heterocycles. The van der Waals surface area contributed by atoms with Crippen molar-refractivity contribution in [2.45, 2.75) is 19.4 Å². The quantitative estimate of drug-likeness (QED) is 0.637. The molecule has 0 amide bonds. The average Bonchev–Trinajstić information content (AvgIpc) is 2.65. The van der Waals surface area contributed by atoms with Crippen LogP contribution in [0.2, 0.25) is 0 Å². The van der Waals surface area contributed by atoms with Crippen LogP contribution in [0.5, 0.6) is 0 Å². The summed E-state index contributed by atoms with van der Waals surface area (Å²) in [4.78, 5) is 2.05. The molecule has 0 radical (unpaired) electrons. The standard InChI is InChI=1S/C22H21N3/c1-22(2,17-23)25(20-11-7-4-8-12-20)21-15-13-19(14-16-21)24-18-9-5-3-6-10-18/h3-16,24H,1-2H3. The first-order valence-corrected chi connectivity index (χ1v) is 8.29.